The van der Waals surface area contributed by atoms with Gasteiger partial charge in [0.2, 0.25) is 0 Å². The van der Waals surface area contributed by atoms with Gasteiger partial charge in [-0.3, -0.25) is 0 Å². The molecule has 0 radical (unpaired) electrons. The molecule has 3 nitrogen and oxygen atoms in total. The summed E-state index contributed by atoms with van der Waals surface area (Å²) in [5.41, 5.74) is 0. The lowest BCUT2D eigenvalue weighted by atomic mass is 10.2. The smallest absolute Gasteiger partial charge is 0.320 e. The maximum Gasteiger partial charge on any atom is 0.320 e. The second-order valence-electron chi connectivity index (χ2n) is 11.0. The van der Waals surface area contributed by atoms with E-state index >= 15 is 0 Å². The molecule has 6 heteroatoms. The fraction of sp³-hybridized carbons (Fsp3) is 1.00. The summed E-state index contributed by atoms with van der Waals surface area (Å²) in [7, 11) is -6.64. The molecule has 1 fully saturated rings. The third kappa shape index (κ3) is 11.7. The van der Waals surface area contributed by atoms with Crippen molar-refractivity contribution < 1.29 is 12.3 Å². The topological polar surface area (TPSA) is 27.7 Å². The van der Waals surface area contributed by atoms with E-state index < -0.39 is 25.7 Å². The summed E-state index contributed by atoms with van der Waals surface area (Å²) in [5.74, 6) is 0. The van der Waals surface area contributed by atoms with E-state index in [2.05, 4.69) is 41.5 Å². The van der Waals surface area contributed by atoms with Crippen molar-refractivity contribution in [3.63, 3.8) is 0 Å². The zero-order valence-electron chi connectivity index (χ0n) is 24.3. The van der Waals surface area contributed by atoms with Crippen molar-refractivity contribution in [3.8, 4) is 0 Å². The Morgan fingerprint density at radius 1 is 0.324 bits per heavy atom. The first kappa shape index (κ1) is 32.6. The Morgan fingerprint density at radius 3 is 0.824 bits per heavy atom. The minimum atomic E-state index is -2.23. The largest absolute Gasteiger partial charge is 0.415 e. The molecule has 0 amide bonds. The van der Waals surface area contributed by atoms with Crippen molar-refractivity contribution in [1.29, 1.82) is 0 Å². The first-order valence-electron chi connectivity index (χ1n) is 15.6. The molecule has 204 valence electrons. The van der Waals surface area contributed by atoms with E-state index in [1.165, 1.54) is 127 Å². The van der Waals surface area contributed by atoms with Crippen LogP contribution in [-0.2, 0) is 12.3 Å². The van der Waals surface area contributed by atoms with Gasteiger partial charge in [-0.05, 0) is 36.3 Å². The van der Waals surface area contributed by atoms with Gasteiger partial charge >= 0.3 is 25.7 Å². The molecule has 0 saturated carbocycles. The van der Waals surface area contributed by atoms with Crippen LogP contribution in [0, 0.1) is 0 Å². The molecule has 0 aromatic carbocycles. The Kier molecular flexibility index (Phi) is 17.9. The van der Waals surface area contributed by atoms with Gasteiger partial charge in [0.05, 0.1) is 0 Å². The predicted molar refractivity (Wildman–Crippen MR) is 157 cm³/mol. The highest BCUT2D eigenvalue weighted by Crippen LogP contribution is 2.44. The van der Waals surface area contributed by atoms with Crippen LogP contribution in [0.25, 0.3) is 0 Å². The maximum absolute atomic E-state index is 7.51. The Balaban J connectivity index is 3.20. The third-order valence-corrected chi connectivity index (χ3v) is 23.4. The number of unbranched alkanes of at least 4 members (excludes halogenated alkanes) is 12. The van der Waals surface area contributed by atoms with Gasteiger partial charge in [-0.2, -0.15) is 0 Å². The number of hydrogen-bond donors (Lipinski definition) is 0. The zero-order valence-corrected chi connectivity index (χ0v) is 27.3. The molecule has 1 aliphatic heterocycles. The fourth-order valence-corrected chi connectivity index (χ4v) is 25.1. The van der Waals surface area contributed by atoms with Gasteiger partial charge in [-0.15, -0.1) is 0 Å². The molecule has 1 rings (SSSR count). The van der Waals surface area contributed by atoms with E-state index in [9.17, 15) is 0 Å². The SMILES string of the molecule is CCCCCC[Si]1(CCCCCC)O[Si](CC)(CC)O[Si](CCCCCC)(CCCCCC)O1. The van der Waals surface area contributed by atoms with E-state index in [1.807, 2.05) is 0 Å². The highest BCUT2D eigenvalue weighted by Gasteiger charge is 2.59. The van der Waals surface area contributed by atoms with Gasteiger partial charge in [-0.1, -0.05) is 144 Å². The van der Waals surface area contributed by atoms with Crippen molar-refractivity contribution in [2.24, 2.45) is 0 Å². The van der Waals surface area contributed by atoms with Crippen LogP contribution < -0.4 is 0 Å². The molecule has 0 bridgehead atoms. The van der Waals surface area contributed by atoms with Crippen LogP contribution in [-0.4, -0.2) is 25.7 Å². The lowest BCUT2D eigenvalue weighted by Crippen LogP contribution is -2.69. The predicted octanol–water partition coefficient (Wildman–Crippen LogP) is 10.7. The molecule has 34 heavy (non-hydrogen) atoms. The standard InChI is InChI=1S/C28H62O3Si3/c1-7-13-17-21-25-33(26-22-18-14-8-2)29-32(11-5,12-6)30-34(31-33,27-23-19-15-9-3)28-24-20-16-10-4/h7-28H2,1-6H3. The average Bonchev–Trinajstić information content (AvgIpc) is 2.85. The zero-order chi connectivity index (χ0) is 25.2. The van der Waals surface area contributed by atoms with Gasteiger partial charge in [0.15, 0.2) is 0 Å². The van der Waals surface area contributed by atoms with Crippen LogP contribution in [0.15, 0.2) is 0 Å². The second kappa shape index (κ2) is 18.7. The molecule has 0 N–H and O–H groups in total. The van der Waals surface area contributed by atoms with Crippen molar-refractivity contribution in [3.05, 3.63) is 0 Å². The molecule has 0 atom stereocenters. The summed E-state index contributed by atoms with van der Waals surface area (Å²) in [5, 5.41) is 0. The summed E-state index contributed by atoms with van der Waals surface area (Å²) in [6, 6.07) is 7.08. The molecule has 0 aliphatic carbocycles. The summed E-state index contributed by atoms with van der Waals surface area (Å²) in [6.07, 6.45) is 21.1. The average molecular weight is 531 g/mol. The lowest BCUT2D eigenvalue weighted by molar-refractivity contribution is 0.204. The monoisotopic (exact) mass is 530 g/mol. The van der Waals surface area contributed by atoms with Crippen LogP contribution in [0.3, 0.4) is 0 Å². The first-order chi connectivity index (χ1) is 16.5. The van der Waals surface area contributed by atoms with Crippen molar-refractivity contribution in [2.45, 2.75) is 181 Å². The summed E-state index contributed by atoms with van der Waals surface area (Å²) in [4.78, 5) is 0. The van der Waals surface area contributed by atoms with Crippen molar-refractivity contribution in [2.75, 3.05) is 0 Å². The van der Waals surface area contributed by atoms with Crippen LogP contribution >= 0.6 is 0 Å². The lowest BCUT2D eigenvalue weighted by Gasteiger charge is -2.54. The minimum Gasteiger partial charge on any atom is -0.415 e. The summed E-state index contributed by atoms with van der Waals surface area (Å²) >= 11 is 0. The highest BCUT2D eigenvalue weighted by molar-refractivity contribution is 6.94. The summed E-state index contributed by atoms with van der Waals surface area (Å²) < 4.78 is 22.1. The molecule has 0 aromatic rings. The Labute approximate surface area is 218 Å². The molecular formula is C28H62O3Si3. The highest BCUT2D eigenvalue weighted by atomic mass is 28.5. The van der Waals surface area contributed by atoms with Gasteiger partial charge < -0.3 is 12.3 Å². The maximum atomic E-state index is 7.51. The van der Waals surface area contributed by atoms with Gasteiger partial charge in [0.25, 0.3) is 0 Å². The van der Waals surface area contributed by atoms with Gasteiger partial charge in [0, 0.05) is 0 Å². The molecular weight excluding hydrogens is 469 g/mol. The van der Waals surface area contributed by atoms with Crippen molar-refractivity contribution >= 4 is 25.7 Å². The fourth-order valence-electron chi connectivity index (χ4n) is 5.56. The van der Waals surface area contributed by atoms with E-state index in [0.29, 0.717) is 0 Å². The van der Waals surface area contributed by atoms with E-state index in [-0.39, 0.29) is 0 Å². The molecule has 0 spiro atoms. The normalized spacial score (nSPS) is 18.9. The Hall–Kier alpha value is 0.531. The van der Waals surface area contributed by atoms with E-state index in [1.54, 1.807) is 0 Å². The van der Waals surface area contributed by atoms with E-state index in [4.69, 9.17) is 12.3 Å². The first-order valence-corrected chi connectivity index (χ1v) is 22.3. The number of rotatable bonds is 22. The molecule has 0 aromatic heterocycles. The van der Waals surface area contributed by atoms with E-state index in [0.717, 1.165) is 12.1 Å². The number of hydrogen-bond acceptors (Lipinski definition) is 3. The molecule has 1 saturated heterocycles. The van der Waals surface area contributed by atoms with Crippen LogP contribution in [0.5, 0.6) is 0 Å². The Bertz CT molecular complexity index is 424. The molecule has 1 aliphatic rings. The van der Waals surface area contributed by atoms with Crippen molar-refractivity contribution in [1.82, 2.24) is 0 Å². The quantitative estimate of drug-likeness (QED) is 0.103. The van der Waals surface area contributed by atoms with Gasteiger partial charge in [0.1, 0.15) is 0 Å². The van der Waals surface area contributed by atoms with Gasteiger partial charge in [-0.25, -0.2) is 0 Å². The minimum absolute atomic E-state index is 1.10. The second-order valence-corrected chi connectivity index (χ2v) is 22.3. The third-order valence-electron chi connectivity index (χ3n) is 7.84. The summed E-state index contributed by atoms with van der Waals surface area (Å²) in [6.45, 7) is 14.0. The van der Waals surface area contributed by atoms with Crippen LogP contribution in [0.2, 0.25) is 36.3 Å². The Morgan fingerprint density at radius 2 is 0.588 bits per heavy atom. The molecule has 1 heterocycles. The molecule has 0 unspecified atom stereocenters. The van der Waals surface area contributed by atoms with Crippen LogP contribution in [0.4, 0.5) is 0 Å². The van der Waals surface area contributed by atoms with Crippen LogP contribution in [0.1, 0.15) is 144 Å².